The molecule has 2 saturated heterocycles. The number of hydrogen-bond acceptors (Lipinski definition) is 3. The summed E-state index contributed by atoms with van der Waals surface area (Å²) in [6.07, 6.45) is 2.66. The monoisotopic (exact) mass is 167 g/mol. The van der Waals surface area contributed by atoms with Gasteiger partial charge < -0.3 is 9.96 Å². The second-order valence-electron chi connectivity index (χ2n) is 3.74. The molecule has 4 atom stereocenters. The second kappa shape index (κ2) is 2.85. The van der Waals surface area contributed by atoms with Crippen LogP contribution in [0.25, 0.3) is 0 Å². The number of Topliss-reactive ketones (excluding diaryl/α,β-unsaturated/α-hetero) is 1. The number of fused-ring (bicyclic) bond motifs is 2. The van der Waals surface area contributed by atoms with Crippen molar-refractivity contribution in [3.63, 3.8) is 0 Å². The number of ketones is 1. The SMILES string of the molecule is BN[C@@H]1[C@H](C(C)=O)[C@H]2CC[C@@H]1O2. The fraction of sp³-hybridized carbons (Fsp3) is 0.875. The molecule has 4 heteroatoms. The molecule has 0 aliphatic carbocycles. The lowest BCUT2D eigenvalue weighted by Crippen LogP contribution is -2.45. The summed E-state index contributed by atoms with van der Waals surface area (Å²) in [6.45, 7) is 1.67. The van der Waals surface area contributed by atoms with Crippen LogP contribution in [0.1, 0.15) is 19.8 Å². The van der Waals surface area contributed by atoms with E-state index in [0.29, 0.717) is 0 Å². The highest BCUT2D eigenvalue weighted by molar-refractivity contribution is 6.05. The maximum atomic E-state index is 11.3. The third kappa shape index (κ3) is 1.02. The van der Waals surface area contributed by atoms with E-state index in [4.69, 9.17) is 4.74 Å². The first-order chi connectivity index (χ1) is 5.74. The van der Waals surface area contributed by atoms with Gasteiger partial charge in [-0.25, -0.2) is 0 Å². The predicted octanol–water partition coefficient (Wildman–Crippen LogP) is -0.741. The van der Waals surface area contributed by atoms with E-state index in [-0.39, 0.29) is 30.0 Å². The van der Waals surface area contributed by atoms with Gasteiger partial charge in [0.2, 0.25) is 0 Å². The molecular formula is C8H14BNO2. The first-order valence-corrected chi connectivity index (χ1v) is 4.57. The van der Waals surface area contributed by atoms with E-state index in [1.54, 1.807) is 6.92 Å². The Labute approximate surface area is 73.3 Å². The van der Waals surface area contributed by atoms with Gasteiger partial charge in [-0.15, -0.1) is 0 Å². The van der Waals surface area contributed by atoms with Crippen LogP contribution >= 0.6 is 0 Å². The normalized spacial score (nSPS) is 45.1. The van der Waals surface area contributed by atoms with Crippen molar-refractivity contribution in [2.45, 2.75) is 38.0 Å². The van der Waals surface area contributed by atoms with E-state index < -0.39 is 0 Å². The highest BCUT2D eigenvalue weighted by atomic mass is 16.5. The van der Waals surface area contributed by atoms with Crippen LogP contribution in [0.15, 0.2) is 0 Å². The van der Waals surface area contributed by atoms with Gasteiger partial charge in [-0.3, -0.25) is 4.79 Å². The van der Waals surface area contributed by atoms with Crippen molar-refractivity contribution in [2.75, 3.05) is 0 Å². The average Bonchev–Trinajstić information content (AvgIpc) is 2.60. The molecule has 12 heavy (non-hydrogen) atoms. The minimum atomic E-state index is 0.105. The summed E-state index contributed by atoms with van der Waals surface area (Å²) >= 11 is 0. The molecular weight excluding hydrogens is 153 g/mol. The highest BCUT2D eigenvalue weighted by Gasteiger charge is 2.49. The van der Waals surface area contributed by atoms with Crippen LogP contribution in [0.5, 0.6) is 0 Å². The molecule has 2 aliphatic rings. The van der Waals surface area contributed by atoms with Gasteiger partial charge in [0.1, 0.15) is 5.78 Å². The molecule has 1 N–H and O–H groups in total. The number of ether oxygens (including phenoxy) is 1. The number of rotatable bonds is 2. The minimum Gasteiger partial charge on any atom is -0.373 e. The van der Waals surface area contributed by atoms with Crippen LogP contribution in [0.4, 0.5) is 0 Å². The third-order valence-corrected chi connectivity index (χ3v) is 3.08. The Balaban J connectivity index is 2.16. The Kier molecular flexibility index (Phi) is 1.97. The quantitative estimate of drug-likeness (QED) is 0.550. The summed E-state index contributed by atoms with van der Waals surface area (Å²) in [7, 11) is 1.91. The van der Waals surface area contributed by atoms with Gasteiger partial charge in [0.05, 0.1) is 18.1 Å². The van der Waals surface area contributed by atoms with E-state index >= 15 is 0 Å². The average molecular weight is 167 g/mol. The maximum absolute atomic E-state index is 11.3. The zero-order valence-electron chi connectivity index (χ0n) is 7.54. The Bertz CT molecular complexity index is 209. The van der Waals surface area contributed by atoms with Crippen molar-refractivity contribution < 1.29 is 9.53 Å². The van der Waals surface area contributed by atoms with E-state index in [1.165, 1.54) is 0 Å². The molecule has 0 amide bonds. The van der Waals surface area contributed by atoms with Crippen molar-refractivity contribution in [1.29, 1.82) is 0 Å². The summed E-state index contributed by atoms with van der Waals surface area (Å²) in [5.41, 5.74) is 0. The van der Waals surface area contributed by atoms with Gasteiger partial charge in [0, 0.05) is 6.04 Å². The molecule has 0 aromatic heterocycles. The molecule has 0 spiro atoms. The van der Waals surface area contributed by atoms with Crippen molar-refractivity contribution in [3.05, 3.63) is 0 Å². The summed E-state index contributed by atoms with van der Waals surface area (Å²) in [6, 6.07) is 0.265. The third-order valence-electron chi connectivity index (χ3n) is 3.08. The zero-order chi connectivity index (χ0) is 8.72. The van der Waals surface area contributed by atoms with Crippen LogP contribution in [-0.2, 0) is 9.53 Å². The van der Waals surface area contributed by atoms with E-state index in [1.807, 2.05) is 7.98 Å². The van der Waals surface area contributed by atoms with Crippen LogP contribution in [-0.4, -0.2) is 32.0 Å². The van der Waals surface area contributed by atoms with Crippen LogP contribution in [0, 0.1) is 5.92 Å². The molecule has 3 nitrogen and oxygen atoms in total. The molecule has 66 valence electrons. The van der Waals surface area contributed by atoms with Crippen molar-refractivity contribution in [1.82, 2.24) is 5.23 Å². The van der Waals surface area contributed by atoms with Gasteiger partial charge in [-0.1, -0.05) is 0 Å². The molecule has 0 radical (unpaired) electrons. The van der Waals surface area contributed by atoms with Gasteiger partial charge in [-0.05, 0) is 19.8 Å². The summed E-state index contributed by atoms with van der Waals surface area (Å²) in [4.78, 5) is 11.3. The Morgan fingerprint density at radius 2 is 2.17 bits per heavy atom. The largest absolute Gasteiger partial charge is 0.373 e. The smallest absolute Gasteiger partial charge is 0.182 e. The van der Waals surface area contributed by atoms with Crippen molar-refractivity contribution in [3.8, 4) is 0 Å². The van der Waals surface area contributed by atoms with E-state index in [2.05, 4.69) is 5.23 Å². The fourth-order valence-electron chi connectivity index (χ4n) is 2.56. The molecule has 0 saturated carbocycles. The number of carbonyl (C=O) groups is 1. The lowest BCUT2D eigenvalue weighted by atomic mass is 9.81. The van der Waals surface area contributed by atoms with Crippen LogP contribution < -0.4 is 5.23 Å². The van der Waals surface area contributed by atoms with Crippen molar-refractivity contribution in [2.24, 2.45) is 5.92 Å². The summed E-state index contributed by atoms with van der Waals surface area (Å²) in [5.74, 6) is 0.371. The lowest BCUT2D eigenvalue weighted by molar-refractivity contribution is -0.122. The van der Waals surface area contributed by atoms with E-state index in [9.17, 15) is 4.79 Å². The Morgan fingerprint density at radius 3 is 2.67 bits per heavy atom. The van der Waals surface area contributed by atoms with Gasteiger partial charge in [0.25, 0.3) is 0 Å². The zero-order valence-corrected chi connectivity index (χ0v) is 7.54. The summed E-state index contributed by atoms with van der Waals surface area (Å²) in [5, 5.41) is 3.18. The number of nitrogens with one attached hydrogen (secondary N) is 1. The van der Waals surface area contributed by atoms with Crippen LogP contribution in [0.2, 0.25) is 0 Å². The summed E-state index contributed by atoms with van der Waals surface area (Å²) < 4.78 is 5.67. The molecule has 2 bridgehead atoms. The number of carbonyl (C=O) groups excluding carboxylic acids is 1. The minimum absolute atomic E-state index is 0.105. The van der Waals surface area contributed by atoms with Gasteiger partial charge >= 0.3 is 0 Å². The predicted molar refractivity (Wildman–Crippen MR) is 47.5 cm³/mol. The Hall–Kier alpha value is -0.345. The topological polar surface area (TPSA) is 38.3 Å². The van der Waals surface area contributed by atoms with Gasteiger partial charge in [0.15, 0.2) is 7.98 Å². The lowest BCUT2D eigenvalue weighted by Gasteiger charge is -2.25. The van der Waals surface area contributed by atoms with Crippen LogP contribution in [0.3, 0.4) is 0 Å². The maximum Gasteiger partial charge on any atom is 0.182 e. The molecule has 2 rings (SSSR count). The van der Waals surface area contributed by atoms with E-state index in [0.717, 1.165) is 12.8 Å². The first-order valence-electron chi connectivity index (χ1n) is 4.57. The van der Waals surface area contributed by atoms with Crippen molar-refractivity contribution >= 4 is 13.8 Å². The molecule has 2 heterocycles. The standard InChI is InChI=1S/C8H14BNO2/c1-4(11)7-5-2-3-6(12-5)8(7)10-9/h5-8,10H,2-3,9H2,1H3/t5-,6+,7-,8+/m1/s1. The number of hydrogen-bond donors (Lipinski definition) is 1. The fourth-order valence-corrected chi connectivity index (χ4v) is 2.56. The highest BCUT2D eigenvalue weighted by Crippen LogP contribution is 2.39. The first kappa shape index (κ1) is 8.26. The molecule has 0 aromatic carbocycles. The van der Waals surface area contributed by atoms with Gasteiger partial charge in [-0.2, -0.15) is 0 Å². The molecule has 0 aromatic rings. The molecule has 2 fully saturated rings. The second-order valence-corrected chi connectivity index (χ2v) is 3.74. The Morgan fingerprint density at radius 1 is 1.50 bits per heavy atom. The molecule has 2 aliphatic heterocycles. The molecule has 0 unspecified atom stereocenters.